The molecule has 1 aliphatic rings. The van der Waals surface area contributed by atoms with Gasteiger partial charge in [-0.3, -0.25) is 0 Å². The van der Waals surface area contributed by atoms with Gasteiger partial charge in [-0.05, 0) is 17.9 Å². The lowest BCUT2D eigenvalue weighted by Crippen LogP contribution is -2.29. The highest BCUT2D eigenvalue weighted by Crippen LogP contribution is 2.30. The highest BCUT2D eigenvalue weighted by Gasteiger charge is 2.34. The molecule has 23 heavy (non-hydrogen) atoms. The van der Waals surface area contributed by atoms with Crippen LogP contribution in [-0.4, -0.2) is 40.8 Å². The van der Waals surface area contributed by atoms with Crippen molar-refractivity contribution in [3.8, 4) is 0 Å². The Balaban J connectivity index is 1.70. The van der Waals surface area contributed by atoms with Crippen LogP contribution in [0.5, 0.6) is 0 Å². The van der Waals surface area contributed by atoms with Crippen LogP contribution in [0, 0.1) is 0 Å². The van der Waals surface area contributed by atoms with E-state index in [2.05, 4.69) is 10.3 Å². The summed E-state index contributed by atoms with van der Waals surface area (Å²) >= 11 is 0. The molecule has 1 aliphatic heterocycles. The van der Waals surface area contributed by atoms with Gasteiger partial charge in [-0.25, -0.2) is 13.1 Å². The van der Waals surface area contributed by atoms with Gasteiger partial charge in [-0.15, -0.1) is 5.10 Å². The van der Waals surface area contributed by atoms with Crippen molar-refractivity contribution in [1.82, 2.24) is 19.3 Å². The number of sulfonamides is 1. The summed E-state index contributed by atoms with van der Waals surface area (Å²) in [5.41, 5.74) is 0. The van der Waals surface area contributed by atoms with E-state index in [9.17, 15) is 8.42 Å². The molecule has 6 nitrogen and oxygen atoms in total. The van der Waals surface area contributed by atoms with Crippen molar-refractivity contribution in [2.75, 3.05) is 13.1 Å². The van der Waals surface area contributed by atoms with Crippen LogP contribution < -0.4 is 0 Å². The predicted octanol–water partition coefficient (Wildman–Crippen LogP) is 2.07. The van der Waals surface area contributed by atoms with Crippen LogP contribution in [0.15, 0.2) is 59.8 Å². The second-order valence-electron chi connectivity index (χ2n) is 5.67. The van der Waals surface area contributed by atoms with E-state index in [0.717, 1.165) is 17.2 Å². The molecule has 1 saturated heterocycles. The Morgan fingerprint density at radius 1 is 1.09 bits per heavy atom. The highest BCUT2D eigenvalue weighted by atomic mass is 32.2. The topological polar surface area (TPSA) is 68.1 Å². The molecule has 0 spiro atoms. The van der Waals surface area contributed by atoms with E-state index in [1.807, 2.05) is 30.3 Å². The van der Waals surface area contributed by atoms with Crippen molar-refractivity contribution in [1.29, 1.82) is 0 Å². The van der Waals surface area contributed by atoms with Gasteiger partial charge in [0.05, 0.1) is 17.1 Å². The third-order valence-corrected chi connectivity index (χ3v) is 6.23. The number of rotatable bonds is 3. The van der Waals surface area contributed by atoms with E-state index >= 15 is 0 Å². The van der Waals surface area contributed by atoms with Crippen LogP contribution in [0.4, 0.5) is 0 Å². The van der Waals surface area contributed by atoms with Gasteiger partial charge in [0.2, 0.25) is 10.0 Å². The van der Waals surface area contributed by atoms with Gasteiger partial charge >= 0.3 is 0 Å². The summed E-state index contributed by atoms with van der Waals surface area (Å²) in [7, 11) is -3.52. The molecule has 7 heteroatoms. The quantitative estimate of drug-likeness (QED) is 0.738. The van der Waals surface area contributed by atoms with E-state index in [-0.39, 0.29) is 6.04 Å². The summed E-state index contributed by atoms with van der Waals surface area (Å²) in [6.45, 7) is 0.922. The second-order valence-corrected chi connectivity index (χ2v) is 7.57. The van der Waals surface area contributed by atoms with Crippen LogP contribution in [0.3, 0.4) is 0 Å². The monoisotopic (exact) mass is 328 g/mol. The Morgan fingerprint density at radius 2 is 1.91 bits per heavy atom. The zero-order valence-corrected chi connectivity index (χ0v) is 13.2. The van der Waals surface area contributed by atoms with Crippen molar-refractivity contribution in [2.45, 2.75) is 17.4 Å². The van der Waals surface area contributed by atoms with Crippen LogP contribution >= 0.6 is 0 Å². The first-order valence-corrected chi connectivity index (χ1v) is 8.94. The number of aromatic nitrogens is 3. The van der Waals surface area contributed by atoms with Gasteiger partial charge in [0, 0.05) is 24.7 Å². The van der Waals surface area contributed by atoms with Gasteiger partial charge in [-0.1, -0.05) is 41.6 Å². The van der Waals surface area contributed by atoms with Gasteiger partial charge in [0.25, 0.3) is 0 Å². The minimum Gasteiger partial charge on any atom is -0.248 e. The average molecular weight is 328 g/mol. The molecule has 0 N–H and O–H groups in total. The summed E-state index contributed by atoms with van der Waals surface area (Å²) in [6, 6.07) is 13.0. The third-order valence-electron chi connectivity index (χ3n) is 4.31. The molecule has 1 fully saturated rings. The fourth-order valence-corrected chi connectivity index (χ4v) is 4.82. The molecule has 2 heterocycles. The first-order valence-electron chi connectivity index (χ1n) is 7.50. The van der Waals surface area contributed by atoms with Crippen molar-refractivity contribution in [3.05, 3.63) is 54.9 Å². The van der Waals surface area contributed by atoms with Crippen molar-refractivity contribution >= 4 is 20.8 Å². The average Bonchev–Trinajstić information content (AvgIpc) is 3.25. The maximum atomic E-state index is 13.0. The molecule has 1 unspecified atom stereocenters. The normalized spacial score (nSPS) is 19.4. The molecule has 2 aromatic carbocycles. The summed E-state index contributed by atoms with van der Waals surface area (Å²) in [6.07, 6.45) is 4.13. The summed E-state index contributed by atoms with van der Waals surface area (Å²) < 4.78 is 29.4. The molecule has 118 valence electrons. The van der Waals surface area contributed by atoms with E-state index in [1.165, 1.54) is 0 Å². The SMILES string of the molecule is O=S(=O)(c1cccc2ccccc12)N1CCC(n2ccnn2)C1. The second kappa shape index (κ2) is 5.43. The Hall–Kier alpha value is -2.25. The zero-order chi connectivity index (χ0) is 15.9. The minimum atomic E-state index is -3.52. The van der Waals surface area contributed by atoms with Crippen LogP contribution in [-0.2, 0) is 10.0 Å². The highest BCUT2D eigenvalue weighted by molar-refractivity contribution is 7.89. The number of fused-ring (bicyclic) bond motifs is 1. The maximum Gasteiger partial charge on any atom is 0.243 e. The maximum absolute atomic E-state index is 13.0. The fraction of sp³-hybridized carbons (Fsp3) is 0.250. The van der Waals surface area contributed by atoms with Crippen molar-refractivity contribution in [3.63, 3.8) is 0 Å². The molecule has 3 aromatic rings. The number of hydrogen-bond acceptors (Lipinski definition) is 4. The Morgan fingerprint density at radius 3 is 2.74 bits per heavy atom. The van der Waals surface area contributed by atoms with Gasteiger partial charge in [0.15, 0.2) is 0 Å². The number of hydrogen-bond donors (Lipinski definition) is 0. The number of nitrogens with zero attached hydrogens (tertiary/aromatic N) is 4. The standard InChI is InChI=1S/C16H16N4O2S/c21-23(22,16-7-3-5-13-4-1-2-6-15(13)16)19-10-8-14(12-19)20-11-9-17-18-20/h1-7,9,11,14H,8,10,12H2. The lowest BCUT2D eigenvalue weighted by atomic mass is 10.1. The Kier molecular flexibility index (Phi) is 3.39. The van der Waals surface area contributed by atoms with Gasteiger partial charge in [0.1, 0.15) is 0 Å². The van der Waals surface area contributed by atoms with E-state index in [0.29, 0.717) is 18.0 Å². The van der Waals surface area contributed by atoms with E-state index in [4.69, 9.17) is 0 Å². The minimum absolute atomic E-state index is 0.0438. The zero-order valence-electron chi connectivity index (χ0n) is 12.4. The fourth-order valence-electron chi connectivity index (χ4n) is 3.12. The smallest absolute Gasteiger partial charge is 0.243 e. The van der Waals surface area contributed by atoms with E-state index < -0.39 is 10.0 Å². The Bertz CT molecular complexity index is 932. The molecule has 0 saturated carbocycles. The molecule has 1 atom stereocenters. The summed E-state index contributed by atoms with van der Waals surface area (Å²) in [4.78, 5) is 0.370. The first-order chi connectivity index (χ1) is 11.2. The molecule has 0 bridgehead atoms. The van der Waals surface area contributed by atoms with E-state index in [1.54, 1.807) is 33.5 Å². The molecule has 0 amide bonds. The van der Waals surface area contributed by atoms with Crippen LogP contribution in [0.25, 0.3) is 10.8 Å². The summed E-state index contributed by atoms with van der Waals surface area (Å²) in [5, 5.41) is 9.47. The van der Waals surface area contributed by atoms with Gasteiger partial charge in [-0.2, -0.15) is 4.31 Å². The molecule has 0 aliphatic carbocycles. The first kappa shape index (κ1) is 14.3. The molecule has 0 radical (unpaired) electrons. The van der Waals surface area contributed by atoms with Crippen LogP contribution in [0.2, 0.25) is 0 Å². The van der Waals surface area contributed by atoms with Gasteiger partial charge < -0.3 is 0 Å². The molecule has 1 aromatic heterocycles. The molecule has 4 rings (SSSR count). The predicted molar refractivity (Wildman–Crippen MR) is 86.4 cm³/mol. The lowest BCUT2D eigenvalue weighted by molar-refractivity contribution is 0.428. The largest absolute Gasteiger partial charge is 0.248 e. The third kappa shape index (κ3) is 2.42. The lowest BCUT2D eigenvalue weighted by Gasteiger charge is -2.18. The van der Waals surface area contributed by atoms with Crippen molar-refractivity contribution < 1.29 is 8.42 Å². The molecular formula is C16H16N4O2S. The Labute approximate surface area is 134 Å². The number of benzene rings is 2. The summed E-state index contributed by atoms with van der Waals surface area (Å²) in [5.74, 6) is 0. The van der Waals surface area contributed by atoms with Crippen LogP contribution in [0.1, 0.15) is 12.5 Å². The molecular weight excluding hydrogens is 312 g/mol. The van der Waals surface area contributed by atoms with Crippen molar-refractivity contribution in [2.24, 2.45) is 0 Å².